The van der Waals surface area contributed by atoms with Crippen molar-refractivity contribution in [1.82, 2.24) is 0 Å². The zero-order valence-corrected chi connectivity index (χ0v) is 14.7. The van der Waals surface area contributed by atoms with E-state index in [1.165, 1.54) is 12.1 Å². The minimum atomic E-state index is -2.63. The number of aliphatic hydroxyl groups is 1. The lowest BCUT2D eigenvalue weighted by molar-refractivity contribution is -0.175. The highest BCUT2D eigenvalue weighted by molar-refractivity contribution is 6.31. The molecule has 4 rings (SSSR count). The van der Waals surface area contributed by atoms with Crippen molar-refractivity contribution in [2.45, 2.75) is 24.9 Å². The average Bonchev–Trinajstić information content (AvgIpc) is 2.61. The highest BCUT2D eigenvalue weighted by Gasteiger charge is 2.66. The number of nitrogen functional groups attached to an aromatic ring is 1. The van der Waals surface area contributed by atoms with Crippen LogP contribution in [0.5, 0.6) is 5.75 Å². The number of phenols is 1. The molecule has 4 unspecified atom stereocenters. The van der Waals surface area contributed by atoms with Gasteiger partial charge in [-0.1, -0.05) is 0 Å². The van der Waals surface area contributed by atoms with Crippen LogP contribution in [0.3, 0.4) is 0 Å². The Morgan fingerprint density at radius 3 is 2.43 bits per heavy atom. The fraction of sp³-hybridized carbons (Fsp3) is 0.421. The fourth-order valence-corrected chi connectivity index (χ4v) is 4.99. The van der Waals surface area contributed by atoms with Gasteiger partial charge in [0.15, 0.2) is 34.7 Å². The van der Waals surface area contributed by atoms with Crippen LogP contribution in [0.4, 0.5) is 5.69 Å². The van der Waals surface area contributed by atoms with E-state index < -0.39 is 58.3 Å². The number of hydrogen-bond acceptors (Lipinski definition) is 8. The second-order valence-corrected chi connectivity index (χ2v) is 7.77. The Labute approximate surface area is 158 Å². The fourth-order valence-electron chi connectivity index (χ4n) is 4.99. The first-order valence-electron chi connectivity index (χ1n) is 8.86. The molecule has 0 aliphatic heterocycles. The second kappa shape index (κ2) is 5.71. The first-order valence-corrected chi connectivity index (χ1v) is 8.86. The molecule has 1 aromatic rings. The standard InChI is InChI=1S/C19H18N2O7/c20-9-1-2-10(22)13-8(9)4-6-3-7-5-11(23)14(18(21)27)17(26)19(7,28)16(25)12(6)15(13)24/h1-2,6-7,12,14,22,28H,3-5,20H2,(H2,21,27)/t6?,7?,12?,14?,19-/m0/s1. The first-order chi connectivity index (χ1) is 13.1. The first kappa shape index (κ1) is 18.3. The number of benzene rings is 1. The normalized spacial score (nSPS) is 34.5. The van der Waals surface area contributed by atoms with Gasteiger partial charge in [-0.3, -0.25) is 24.0 Å². The molecule has 1 amide bonds. The van der Waals surface area contributed by atoms with Crippen LogP contribution in [-0.4, -0.2) is 44.9 Å². The van der Waals surface area contributed by atoms with Gasteiger partial charge in [-0.05, 0) is 36.5 Å². The van der Waals surface area contributed by atoms with Crippen molar-refractivity contribution < 1.29 is 34.2 Å². The van der Waals surface area contributed by atoms with Crippen LogP contribution >= 0.6 is 0 Å². The molecule has 0 bridgehead atoms. The number of carbonyl (C=O) groups is 5. The van der Waals surface area contributed by atoms with Crippen molar-refractivity contribution in [1.29, 1.82) is 0 Å². The SMILES string of the molecule is NC(=O)C1C(=O)CC2CC3Cc4c(N)ccc(O)c4C(=O)C3C(=O)[C@]2(O)C1=O. The number of fused-ring (bicyclic) bond motifs is 3. The summed E-state index contributed by atoms with van der Waals surface area (Å²) >= 11 is 0. The summed E-state index contributed by atoms with van der Waals surface area (Å²) < 4.78 is 0. The smallest absolute Gasteiger partial charge is 0.235 e. The number of ketones is 4. The topological polar surface area (TPSA) is 178 Å². The number of nitrogens with two attached hydrogens (primary N) is 2. The molecule has 2 fully saturated rings. The predicted octanol–water partition coefficient (Wildman–Crippen LogP) is -1.09. The average molecular weight is 386 g/mol. The molecule has 2 saturated carbocycles. The Morgan fingerprint density at radius 1 is 1.11 bits per heavy atom. The van der Waals surface area contributed by atoms with Crippen LogP contribution in [0, 0.1) is 23.7 Å². The summed E-state index contributed by atoms with van der Waals surface area (Å²) in [7, 11) is 0. The molecule has 3 aliphatic carbocycles. The number of hydrogen-bond donors (Lipinski definition) is 4. The molecule has 9 heteroatoms. The predicted molar refractivity (Wildman–Crippen MR) is 92.9 cm³/mol. The third-order valence-electron chi connectivity index (χ3n) is 6.32. The molecule has 0 radical (unpaired) electrons. The van der Waals surface area contributed by atoms with Crippen LogP contribution in [0.25, 0.3) is 0 Å². The van der Waals surface area contributed by atoms with E-state index in [2.05, 4.69) is 0 Å². The number of rotatable bonds is 1. The van der Waals surface area contributed by atoms with Gasteiger partial charge in [0.05, 0.1) is 11.5 Å². The lowest BCUT2D eigenvalue weighted by Crippen LogP contribution is -2.68. The Balaban J connectivity index is 1.82. The zero-order chi connectivity index (χ0) is 20.5. The van der Waals surface area contributed by atoms with E-state index in [0.717, 1.165) is 0 Å². The number of aromatic hydroxyl groups is 1. The molecule has 28 heavy (non-hydrogen) atoms. The summed E-state index contributed by atoms with van der Waals surface area (Å²) in [5.74, 6) is -10.2. The van der Waals surface area contributed by atoms with E-state index in [1.807, 2.05) is 0 Å². The van der Waals surface area contributed by atoms with E-state index >= 15 is 0 Å². The molecule has 0 saturated heterocycles. The van der Waals surface area contributed by atoms with Crippen molar-refractivity contribution >= 4 is 34.7 Å². The second-order valence-electron chi connectivity index (χ2n) is 7.77. The largest absolute Gasteiger partial charge is 0.507 e. The van der Waals surface area contributed by atoms with Crippen LogP contribution < -0.4 is 11.5 Å². The Hall–Kier alpha value is -3.07. The summed E-state index contributed by atoms with van der Waals surface area (Å²) in [4.78, 5) is 62.6. The maximum Gasteiger partial charge on any atom is 0.235 e. The maximum atomic E-state index is 13.1. The van der Waals surface area contributed by atoms with Gasteiger partial charge in [-0.2, -0.15) is 0 Å². The Morgan fingerprint density at radius 2 is 1.79 bits per heavy atom. The monoisotopic (exact) mass is 386 g/mol. The lowest BCUT2D eigenvalue weighted by Gasteiger charge is -2.48. The molecule has 3 aliphatic rings. The minimum Gasteiger partial charge on any atom is -0.507 e. The molecule has 1 aromatic carbocycles. The Bertz CT molecular complexity index is 985. The molecule has 5 atom stereocenters. The van der Waals surface area contributed by atoms with E-state index in [1.54, 1.807) is 0 Å². The van der Waals surface area contributed by atoms with E-state index in [-0.39, 0.29) is 36.3 Å². The Kier molecular flexibility index (Phi) is 3.73. The molecule has 9 nitrogen and oxygen atoms in total. The van der Waals surface area contributed by atoms with E-state index in [4.69, 9.17) is 11.5 Å². The van der Waals surface area contributed by atoms with Crippen molar-refractivity contribution in [2.24, 2.45) is 29.4 Å². The van der Waals surface area contributed by atoms with Crippen LogP contribution in [0.15, 0.2) is 12.1 Å². The zero-order valence-electron chi connectivity index (χ0n) is 14.7. The van der Waals surface area contributed by atoms with Gasteiger partial charge in [-0.25, -0.2) is 0 Å². The van der Waals surface area contributed by atoms with Gasteiger partial charge in [0.25, 0.3) is 0 Å². The van der Waals surface area contributed by atoms with Crippen molar-refractivity contribution in [3.05, 3.63) is 23.3 Å². The number of carbonyl (C=O) groups excluding carboxylic acids is 5. The summed E-state index contributed by atoms with van der Waals surface area (Å²) in [5, 5.41) is 21.1. The van der Waals surface area contributed by atoms with Gasteiger partial charge in [0.1, 0.15) is 5.75 Å². The summed E-state index contributed by atoms with van der Waals surface area (Å²) in [5.41, 5.74) is 9.02. The van der Waals surface area contributed by atoms with Crippen molar-refractivity contribution in [3.63, 3.8) is 0 Å². The maximum absolute atomic E-state index is 13.1. The third kappa shape index (κ3) is 2.13. The quantitative estimate of drug-likeness (QED) is 0.267. The van der Waals surface area contributed by atoms with Crippen LogP contribution in [0.1, 0.15) is 28.8 Å². The summed E-state index contributed by atoms with van der Waals surface area (Å²) in [6.45, 7) is 0. The number of phenolic OH excluding ortho intramolecular Hbond substituents is 1. The molecule has 0 heterocycles. The summed E-state index contributed by atoms with van der Waals surface area (Å²) in [6, 6.07) is 2.69. The molecule has 0 aromatic heterocycles. The van der Waals surface area contributed by atoms with Gasteiger partial charge < -0.3 is 21.7 Å². The van der Waals surface area contributed by atoms with Crippen molar-refractivity contribution in [3.8, 4) is 5.75 Å². The molecule has 6 N–H and O–H groups in total. The number of anilines is 1. The van der Waals surface area contributed by atoms with E-state index in [0.29, 0.717) is 5.56 Å². The number of Topliss-reactive ketones (excluding diaryl/α,β-unsaturated/α-hetero) is 4. The third-order valence-corrected chi connectivity index (χ3v) is 6.32. The number of primary amides is 1. The molecule has 146 valence electrons. The lowest BCUT2D eigenvalue weighted by atomic mass is 9.54. The molecule has 0 spiro atoms. The van der Waals surface area contributed by atoms with Crippen LogP contribution in [-0.2, 0) is 25.6 Å². The van der Waals surface area contributed by atoms with Crippen molar-refractivity contribution in [2.75, 3.05) is 5.73 Å². The summed E-state index contributed by atoms with van der Waals surface area (Å²) in [6.07, 6.45) is -0.122. The van der Waals surface area contributed by atoms with Gasteiger partial charge in [0, 0.05) is 18.0 Å². The van der Waals surface area contributed by atoms with Gasteiger partial charge in [0.2, 0.25) is 5.91 Å². The minimum absolute atomic E-state index is 0.0517. The van der Waals surface area contributed by atoms with Gasteiger partial charge >= 0.3 is 0 Å². The number of amides is 1. The molecular formula is C19H18N2O7. The van der Waals surface area contributed by atoms with Gasteiger partial charge in [-0.15, -0.1) is 0 Å². The van der Waals surface area contributed by atoms with E-state index in [9.17, 15) is 34.2 Å². The van der Waals surface area contributed by atoms with Crippen LogP contribution in [0.2, 0.25) is 0 Å². The highest BCUT2D eigenvalue weighted by atomic mass is 16.3. The molecular weight excluding hydrogens is 368 g/mol. The highest BCUT2D eigenvalue weighted by Crippen LogP contribution is 2.50.